The summed E-state index contributed by atoms with van der Waals surface area (Å²) < 4.78 is 0. The first kappa shape index (κ1) is 17.7. The standard InChI is InChI=1S/C21H27N3S/c1-16-6-10-19(11-7-16)23-21(25)22-17(2)18-8-12-20(13-9-18)24-14-4-3-5-15-24/h6-13,17H,3-5,14-15H2,1-2H3,(H2,22,23,25)/t17-/m1/s1. The van der Waals surface area contributed by atoms with Gasteiger partial charge in [0.15, 0.2) is 5.11 Å². The van der Waals surface area contributed by atoms with Crippen molar-refractivity contribution in [3.05, 3.63) is 59.7 Å². The molecule has 0 saturated carbocycles. The van der Waals surface area contributed by atoms with Crippen molar-refractivity contribution < 1.29 is 0 Å². The van der Waals surface area contributed by atoms with Gasteiger partial charge in [-0.05, 0) is 75.2 Å². The van der Waals surface area contributed by atoms with E-state index < -0.39 is 0 Å². The minimum atomic E-state index is 0.167. The topological polar surface area (TPSA) is 27.3 Å². The van der Waals surface area contributed by atoms with Gasteiger partial charge >= 0.3 is 0 Å². The lowest BCUT2D eigenvalue weighted by Gasteiger charge is -2.29. The van der Waals surface area contributed by atoms with Crippen molar-refractivity contribution >= 4 is 28.7 Å². The van der Waals surface area contributed by atoms with E-state index >= 15 is 0 Å². The van der Waals surface area contributed by atoms with E-state index in [9.17, 15) is 0 Å². The Morgan fingerprint density at radius 1 is 0.960 bits per heavy atom. The van der Waals surface area contributed by atoms with Gasteiger partial charge < -0.3 is 15.5 Å². The largest absolute Gasteiger partial charge is 0.372 e. The fourth-order valence-electron chi connectivity index (χ4n) is 3.21. The number of anilines is 2. The Morgan fingerprint density at radius 3 is 2.24 bits per heavy atom. The summed E-state index contributed by atoms with van der Waals surface area (Å²) in [7, 11) is 0. The van der Waals surface area contributed by atoms with Crippen molar-refractivity contribution in [3.63, 3.8) is 0 Å². The summed E-state index contributed by atoms with van der Waals surface area (Å²) in [6.07, 6.45) is 3.97. The lowest BCUT2D eigenvalue weighted by Crippen LogP contribution is -2.31. The quantitative estimate of drug-likeness (QED) is 0.754. The number of rotatable bonds is 4. The Balaban J connectivity index is 1.55. The van der Waals surface area contributed by atoms with Gasteiger partial charge in [0.2, 0.25) is 0 Å². The Morgan fingerprint density at radius 2 is 1.60 bits per heavy atom. The monoisotopic (exact) mass is 353 g/mol. The Kier molecular flexibility index (Phi) is 5.92. The summed E-state index contributed by atoms with van der Waals surface area (Å²) in [4.78, 5) is 2.48. The van der Waals surface area contributed by atoms with E-state index in [2.05, 4.69) is 65.8 Å². The van der Waals surface area contributed by atoms with Crippen LogP contribution in [0.2, 0.25) is 0 Å². The van der Waals surface area contributed by atoms with Gasteiger partial charge in [-0.15, -0.1) is 0 Å². The summed E-state index contributed by atoms with van der Waals surface area (Å²) in [5.74, 6) is 0. The molecule has 2 aromatic carbocycles. The highest BCUT2D eigenvalue weighted by Crippen LogP contribution is 2.22. The van der Waals surface area contributed by atoms with E-state index in [0.29, 0.717) is 5.11 Å². The molecule has 3 rings (SSSR count). The Labute approximate surface area is 156 Å². The molecule has 3 nitrogen and oxygen atoms in total. The molecule has 0 aromatic heterocycles. The molecule has 2 aromatic rings. The highest BCUT2D eigenvalue weighted by molar-refractivity contribution is 7.80. The number of hydrogen-bond donors (Lipinski definition) is 2. The second kappa shape index (κ2) is 8.34. The molecule has 0 unspecified atom stereocenters. The fourth-order valence-corrected chi connectivity index (χ4v) is 3.50. The van der Waals surface area contributed by atoms with Crippen molar-refractivity contribution in [2.45, 2.75) is 39.2 Å². The third-order valence-corrected chi connectivity index (χ3v) is 4.99. The van der Waals surface area contributed by atoms with E-state index in [1.165, 1.54) is 49.2 Å². The van der Waals surface area contributed by atoms with Gasteiger partial charge in [0.05, 0.1) is 6.04 Å². The van der Waals surface area contributed by atoms with Gasteiger partial charge in [0.1, 0.15) is 0 Å². The lowest BCUT2D eigenvalue weighted by atomic mass is 10.1. The molecule has 1 saturated heterocycles. The van der Waals surface area contributed by atoms with Gasteiger partial charge in [-0.25, -0.2) is 0 Å². The predicted octanol–water partition coefficient (Wildman–Crippen LogP) is 5.03. The number of nitrogens with zero attached hydrogens (tertiary/aromatic N) is 1. The molecule has 1 aliphatic rings. The van der Waals surface area contributed by atoms with Crippen molar-refractivity contribution in [1.29, 1.82) is 0 Å². The average molecular weight is 354 g/mol. The molecule has 1 fully saturated rings. The van der Waals surface area contributed by atoms with Crippen LogP contribution in [0.1, 0.15) is 43.4 Å². The first-order chi connectivity index (χ1) is 12.1. The van der Waals surface area contributed by atoms with Crippen molar-refractivity contribution in [3.8, 4) is 0 Å². The third kappa shape index (κ3) is 4.95. The molecule has 0 radical (unpaired) electrons. The molecule has 0 amide bonds. The summed E-state index contributed by atoms with van der Waals surface area (Å²) in [5, 5.41) is 7.26. The van der Waals surface area contributed by atoms with Crippen molar-refractivity contribution in [2.75, 3.05) is 23.3 Å². The number of benzene rings is 2. The highest BCUT2D eigenvalue weighted by atomic mass is 32.1. The summed E-state index contributed by atoms with van der Waals surface area (Å²) >= 11 is 5.44. The van der Waals surface area contributed by atoms with Crippen LogP contribution in [-0.4, -0.2) is 18.2 Å². The maximum Gasteiger partial charge on any atom is 0.171 e. The molecule has 0 spiro atoms. The highest BCUT2D eigenvalue weighted by Gasteiger charge is 2.12. The van der Waals surface area contributed by atoms with E-state index in [0.717, 1.165) is 5.69 Å². The van der Waals surface area contributed by atoms with Crippen LogP contribution in [-0.2, 0) is 0 Å². The van der Waals surface area contributed by atoms with E-state index in [1.54, 1.807) is 0 Å². The van der Waals surface area contributed by atoms with Crippen LogP contribution in [0.4, 0.5) is 11.4 Å². The zero-order chi connectivity index (χ0) is 17.6. The number of nitrogens with one attached hydrogen (secondary N) is 2. The van der Waals surface area contributed by atoms with Crippen LogP contribution in [0.15, 0.2) is 48.5 Å². The molecule has 1 aliphatic heterocycles. The molecule has 4 heteroatoms. The van der Waals surface area contributed by atoms with Crippen LogP contribution in [0.25, 0.3) is 0 Å². The molecule has 0 bridgehead atoms. The van der Waals surface area contributed by atoms with Crippen molar-refractivity contribution in [2.24, 2.45) is 0 Å². The van der Waals surface area contributed by atoms with Crippen LogP contribution in [0.5, 0.6) is 0 Å². The first-order valence-electron chi connectivity index (χ1n) is 9.11. The van der Waals surface area contributed by atoms with E-state index in [1.807, 2.05) is 12.1 Å². The zero-order valence-electron chi connectivity index (χ0n) is 15.1. The molecule has 25 heavy (non-hydrogen) atoms. The summed E-state index contributed by atoms with van der Waals surface area (Å²) in [6, 6.07) is 17.3. The number of thiocarbonyl (C=S) groups is 1. The smallest absolute Gasteiger partial charge is 0.171 e. The zero-order valence-corrected chi connectivity index (χ0v) is 15.9. The molecule has 132 valence electrons. The van der Waals surface area contributed by atoms with Gasteiger partial charge in [-0.3, -0.25) is 0 Å². The summed E-state index contributed by atoms with van der Waals surface area (Å²) in [6.45, 7) is 6.57. The fraction of sp³-hybridized carbons (Fsp3) is 0.381. The number of hydrogen-bond acceptors (Lipinski definition) is 2. The molecule has 1 atom stereocenters. The van der Waals surface area contributed by atoms with E-state index in [4.69, 9.17) is 12.2 Å². The maximum absolute atomic E-state index is 5.44. The second-order valence-electron chi connectivity index (χ2n) is 6.83. The Hall–Kier alpha value is -2.07. The maximum atomic E-state index is 5.44. The molecular formula is C21H27N3S. The lowest BCUT2D eigenvalue weighted by molar-refractivity contribution is 0.577. The van der Waals surface area contributed by atoms with Crippen LogP contribution in [0, 0.1) is 6.92 Å². The van der Waals surface area contributed by atoms with Crippen molar-refractivity contribution in [1.82, 2.24) is 5.32 Å². The molecule has 1 heterocycles. The molecular weight excluding hydrogens is 326 g/mol. The Bertz CT molecular complexity index is 688. The van der Waals surface area contributed by atoms with Crippen LogP contribution >= 0.6 is 12.2 Å². The van der Waals surface area contributed by atoms with Gasteiger partial charge in [-0.1, -0.05) is 29.8 Å². The second-order valence-corrected chi connectivity index (χ2v) is 7.23. The SMILES string of the molecule is Cc1ccc(NC(=S)N[C@H](C)c2ccc(N3CCCCC3)cc2)cc1. The molecule has 2 N–H and O–H groups in total. The first-order valence-corrected chi connectivity index (χ1v) is 9.52. The average Bonchev–Trinajstić information content (AvgIpc) is 2.64. The normalized spacial score (nSPS) is 15.5. The van der Waals surface area contributed by atoms with Gasteiger partial charge in [0.25, 0.3) is 0 Å². The van der Waals surface area contributed by atoms with Crippen LogP contribution in [0.3, 0.4) is 0 Å². The van der Waals surface area contributed by atoms with E-state index in [-0.39, 0.29) is 6.04 Å². The van der Waals surface area contributed by atoms with Gasteiger partial charge in [0, 0.05) is 24.5 Å². The van der Waals surface area contributed by atoms with Crippen LogP contribution < -0.4 is 15.5 Å². The number of piperidine rings is 1. The molecule has 0 aliphatic carbocycles. The third-order valence-electron chi connectivity index (χ3n) is 4.77. The minimum absolute atomic E-state index is 0.167. The predicted molar refractivity (Wildman–Crippen MR) is 111 cm³/mol. The number of aryl methyl sites for hydroxylation is 1. The summed E-state index contributed by atoms with van der Waals surface area (Å²) in [5.41, 5.74) is 4.83. The van der Waals surface area contributed by atoms with Gasteiger partial charge in [-0.2, -0.15) is 0 Å². The minimum Gasteiger partial charge on any atom is -0.372 e.